The summed E-state index contributed by atoms with van der Waals surface area (Å²) in [4.78, 5) is 33.1. The molecule has 0 saturated carbocycles. The van der Waals surface area contributed by atoms with Gasteiger partial charge in [0.05, 0.1) is 9.82 Å². The predicted molar refractivity (Wildman–Crippen MR) is 97.6 cm³/mol. The van der Waals surface area contributed by atoms with Gasteiger partial charge in [0.15, 0.2) is 0 Å². The van der Waals surface area contributed by atoms with E-state index in [1.165, 1.54) is 6.92 Å². The van der Waals surface area contributed by atoms with Crippen molar-refractivity contribution in [1.82, 2.24) is 4.31 Å². The Hall–Kier alpha value is -2.33. The lowest BCUT2D eigenvalue weighted by Crippen LogP contribution is -2.39. The fourth-order valence-electron chi connectivity index (χ4n) is 2.20. The lowest BCUT2D eigenvalue weighted by atomic mass is 10.2. The van der Waals surface area contributed by atoms with E-state index in [0.29, 0.717) is 0 Å². The maximum absolute atomic E-state index is 12.9. The Kier molecular flexibility index (Phi) is 7.61. The average Bonchev–Trinajstić information content (AvgIpc) is 2.51. The van der Waals surface area contributed by atoms with Crippen LogP contribution in [-0.4, -0.2) is 48.1 Å². The van der Waals surface area contributed by atoms with Gasteiger partial charge in [-0.15, -0.1) is 0 Å². The molecule has 0 amide bonds. The normalized spacial score (nSPS) is 12.0. The van der Waals surface area contributed by atoms with E-state index in [2.05, 4.69) is 0 Å². The van der Waals surface area contributed by atoms with Gasteiger partial charge in [0.2, 0.25) is 10.0 Å². The summed E-state index contributed by atoms with van der Waals surface area (Å²) in [6, 6.07) is 4.38. The molecule has 150 valence electrons. The van der Waals surface area contributed by atoms with Crippen LogP contribution in [0.5, 0.6) is 0 Å². The molecule has 1 rings (SSSR count). The van der Waals surface area contributed by atoms with Crippen molar-refractivity contribution in [1.29, 1.82) is 0 Å². The number of carbonyl (C=O) groups is 2. The molecule has 0 radical (unpaired) electrons. The number of nitro benzene ring substituents is 1. The molecule has 0 fully saturated rings. The molecule has 0 aliphatic heterocycles. The van der Waals surface area contributed by atoms with Crippen LogP contribution >= 0.6 is 0 Å². The van der Waals surface area contributed by atoms with Gasteiger partial charge in [0.25, 0.3) is 5.69 Å². The first-order valence-corrected chi connectivity index (χ1v) is 9.73. The molecule has 1 aromatic carbocycles. The van der Waals surface area contributed by atoms with Crippen molar-refractivity contribution >= 4 is 27.5 Å². The highest BCUT2D eigenvalue weighted by Crippen LogP contribution is 2.20. The standard InChI is InChI=1S/C17H24N2O7S/c1-13(20)6-5-11-18(12-16(21)26-17(2,3)4)27(24,25)15-9-7-14(8-10-15)19(22)23/h7-10H,5-6,11-12H2,1-4H3. The molecule has 0 heterocycles. The molecular weight excluding hydrogens is 376 g/mol. The highest BCUT2D eigenvalue weighted by Gasteiger charge is 2.29. The van der Waals surface area contributed by atoms with Crippen LogP contribution in [0.4, 0.5) is 5.69 Å². The molecule has 0 spiro atoms. The summed E-state index contributed by atoms with van der Waals surface area (Å²) in [5.41, 5.74) is -1.02. The zero-order valence-corrected chi connectivity index (χ0v) is 16.6. The van der Waals surface area contributed by atoms with E-state index in [0.717, 1.165) is 28.6 Å². The van der Waals surface area contributed by atoms with E-state index < -0.39 is 33.1 Å². The van der Waals surface area contributed by atoms with Gasteiger partial charge < -0.3 is 9.53 Å². The van der Waals surface area contributed by atoms with Gasteiger partial charge in [0, 0.05) is 25.1 Å². The number of esters is 1. The molecule has 0 aromatic heterocycles. The number of rotatable bonds is 9. The zero-order chi connectivity index (χ0) is 20.8. The number of hydrogen-bond acceptors (Lipinski definition) is 7. The monoisotopic (exact) mass is 400 g/mol. The first-order chi connectivity index (χ1) is 12.3. The molecule has 0 atom stereocenters. The van der Waals surface area contributed by atoms with E-state index in [9.17, 15) is 28.1 Å². The molecular formula is C17H24N2O7S. The summed E-state index contributed by atoms with van der Waals surface area (Å²) in [5, 5.41) is 10.7. The topological polar surface area (TPSA) is 124 Å². The number of benzene rings is 1. The van der Waals surface area contributed by atoms with Crippen molar-refractivity contribution in [3.8, 4) is 0 Å². The smallest absolute Gasteiger partial charge is 0.321 e. The summed E-state index contributed by atoms with van der Waals surface area (Å²) in [6.45, 7) is 5.80. The summed E-state index contributed by atoms with van der Waals surface area (Å²) in [7, 11) is -4.09. The Morgan fingerprint density at radius 2 is 1.74 bits per heavy atom. The minimum Gasteiger partial charge on any atom is -0.459 e. The fourth-order valence-corrected chi connectivity index (χ4v) is 3.62. The second kappa shape index (κ2) is 9.05. The van der Waals surface area contributed by atoms with Crippen molar-refractivity contribution < 1.29 is 27.7 Å². The quantitative estimate of drug-likeness (QED) is 0.354. The first kappa shape index (κ1) is 22.7. The van der Waals surface area contributed by atoms with Crippen molar-refractivity contribution in [2.45, 2.75) is 51.0 Å². The van der Waals surface area contributed by atoms with E-state index >= 15 is 0 Å². The third kappa shape index (κ3) is 7.43. The molecule has 9 nitrogen and oxygen atoms in total. The van der Waals surface area contributed by atoms with Gasteiger partial charge in [-0.05, 0) is 46.2 Å². The number of nitrogens with zero attached hydrogens (tertiary/aromatic N) is 2. The van der Waals surface area contributed by atoms with Crippen LogP contribution in [0.1, 0.15) is 40.5 Å². The predicted octanol–water partition coefficient (Wildman–Crippen LogP) is 2.30. The number of sulfonamides is 1. The number of ether oxygens (including phenoxy) is 1. The second-order valence-electron chi connectivity index (χ2n) is 6.98. The van der Waals surface area contributed by atoms with Gasteiger partial charge in [-0.3, -0.25) is 14.9 Å². The van der Waals surface area contributed by atoms with Crippen LogP contribution in [-0.2, 0) is 24.3 Å². The van der Waals surface area contributed by atoms with Gasteiger partial charge in [-0.2, -0.15) is 4.31 Å². The summed E-state index contributed by atoms with van der Waals surface area (Å²) in [6.07, 6.45) is 0.408. The molecule has 0 N–H and O–H groups in total. The SMILES string of the molecule is CC(=O)CCCN(CC(=O)OC(C)(C)C)S(=O)(=O)c1ccc([N+](=O)[O-])cc1. The number of Topliss-reactive ketones (excluding diaryl/α,β-unsaturated/α-hetero) is 1. The highest BCUT2D eigenvalue weighted by molar-refractivity contribution is 7.89. The van der Waals surface area contributed by atoms with Crippen LogP contribution in [0.25, 0.3) is 0 Å². The van der Waals surface area contributed by atoms with Gasteiger partial charge in [-0.1, -0.05) is 0 Å². The van der Waals surface area contributed by atoms with Crippen molar-refractivity contribution in [2.24, 2.45) is 0 Å². The molecule has 10 heteroatoms. The highest BCUT2D eigenvalue weighted by atomic mass is 32.2. The lowest BCUT2D eigenvalue weighted by Gasteiger charge is -2.24. The number of non-ortho nitro benzene ring substituents is 1. The summed E-state index contributed by atoms with van der Waals surface area (Å²) < 4.78 is 31.8. The van der Waals surface area contributed by atoms with E-state index in [-0.39, 0.29) is 35.8 Å². The number of carbonyl (C=O) groups excluding carboxylic acids is 2. The summed E-state index contributed by atoms with van der Waals surface area (Å²) in [5.74, 6) is -0.823. The van der Waals surface area contributed by atoms with E-state index in [1.807, 2.05) is 0 Å². The van der Waals surface area contributed by atoms with Crippen LogP contribution < -0.4 is 0 Å². The first-order valence-electron chi connectivity index (χ1n) is 8.29. The number of ketones is 1. The van der Waals surface area contributed by atoms with Gasteiger partial charge >= 0.3 is 5.97 Å². The molecule has 1 aromatic rings. The maximum Gasteiger partial charge on any atom is 0.321 e. The van der Waals surface area contributed by atoms with Crippen molar-refractivity contribution in [3.63, 3.8) is 0 Å². The molecule has 0 unspecified atom stereocenters. The van der Waals surface area contributed by atoms with E-state index in [4.69, 9.17) is 4.74 Å². The zero-order valence-electron chi connectivity index (χ0n) is 15.8. The Bertz CT molecular complexity index is 796. The van der Waals surface area contributed by atoms with Crippen molar-refractivity contribution in [2.75, 3.05) is 13.1 Å². The summed E-state index contributed by atoms with van der Waals surface area (Å²) >= 11 is 0. The lowest BCUT2D eigenvalue weighted by molar-refractivity contribution is -0.384. The second-order valence-corrected chi connectivity index (χ2v) is 8.92. The fraction of sp³-hybridized carbons (Fsp3) is 0.529. The van der Waals surface area contributed by atoms with Crippen molar-refractivity contribution in [3.05, 3.63) is 34.4 Å². The Balaban J connectivity index is 3.08. The van der Waals surface area contributed by atoms with Crippen LogP contribution in [0.2, 0.25) is 0 Å². The van der Waals surface area contributed by atoms with Gasteiger partial charge in [-0.25, -0.2) is 8.42 Å². The van der Waals surface area contributed by atoms with Crippen LogP contribution in [0.15, 0.2) is 29.2 Å². The molecule has 0 bridgehead atoms. The van der Waals surface area contributed by atoms with Crippen LogP contribution in [0, 0.1) is 10.1 Å². The minimum absolute atomic E-state index is 0.0574. The third-order valence-corrected chi connectivity index (χ3v) is 5.21. The number of hydrogen-bond donors (Lipinski definition) is 0. The number of nitro groups is 1. The van der Waals surface area contributed by atoms with Crippen LogP contribution in [0.3, 0.4) is 0 Å². The van der Waals surface area contributed by atoms with Gasteiger partial charge in [0.1, 0.15) is 17.9 Å². The Morgan fingerprint density at radius 1 is 1.19 bits per heavy atom. The Morgan fingerprint density at radius 3 is 2.19 bits per heavy atom. The molecule has 27 heavy (non-hydrogen) atoms. The molecule has 0 saturated heterocycles. The minimum atomic E-state index is -4.09. The largest absolute Gasteiger partial charge is 0.459 e. The third-order valence-electron chi connectivity index (χ3n) is 3.35. The molecule has 0 aliphatic carbocycles. The average molecular weight is 400 g/mol. The Labute approximate surface area is 158 Å². The maximum atomic E-state index is 12.9. The van der Waals surface area contributed by atoms with E-state index in [1.54, 1.807) is 20.8 Å². The molecule has 0 aliphatic rings.